The van der Waals surface area contributed by atoms with Gasteiger partial charge in [0.25, 0.3) is 0 Å². The summed E-state index contributed by atoms with van der Waals surface area (Å²) in [6.45, 7) is 5.43. The van der Waals surface area contributed by atoms with Crippen LogP contribution in [0.4, 0.5) is 9.59 Å². The molecule has 0 unspecified atom stereocenters. The van der Waals surface area contributed by atoms with Gasteiger partial charge in [0.05, 0.1) is 6.04 Å². The first-order valence-electron chi connectivity index (χ1n) is 7.31. The number of alkyl carbamates (subject to hydrolysis) is 1. The largest absolute Gasteiger partial charge is 0.515 e. The standard InChI is InChI=1S/C16H20ClNO5/c1-16(2,3)23-14(19)18-13-7-5-10-4-6-11(8-12(10)13)22-15(20)21-9-17/h4,6,8,13H,5,7,9H2,1-3H3,(H,18,19)/t13-/m1/s1. The van der Waals surface area contributed by atoms with Crippen molar-refractivity contribution in [3.63, 3.8) is 0 Å². The first-order valence-corrected chi connectivity index (χ1v) is 7.85. The van der Waals surface area contributed by atoms with Gasteiger partial charge in [-0.15, -0.1) is 0 Å². The predicted octanol–water partition coefficient (Wildman–Crippen LogP) is 3.91. The third-order valence-corrected chi connectivity index (χ3v) is 3.37. The lowest BCUT2D eigenvalue weighted by molar-refractivity contribution is 0.0503. The van der Waals surface area contributed by atoms with Crippen LogP contribution in [-0.4, -0.2) is 23.9 Å². The Morgan fingerprint density at radius 3 is 2.74 bits per heavy atom. The van der Waals surface area contributed by atoms with Crippen LogP contribution < -0.4 is 10.1 Å². The lowest BCUT2D eigenvalue weighted by atomic mass is 10.1. The molecule has 7 heteroatoms. The van der Waals surface area contributed by atoms with Crippen molar-refractivity contribution in [2.24, 2.45) is 0 Å². The highest BCUT2D eigenvalue weighted by atomic mass is 35.5. The molecule has 0 aliphatic heterocycles. The molecule has 1 aliphatic carbocycles. The Morgan fingerprint density at radius 2 is 2.09 bits per heavy atom. The maximum Gasteiger partial charge on any atom is 0.515 e. The number of carbonyl (C=O) groups excluding carboxylic acids is 2. The van der Waals surface area contributed by atoms with Crippen LogP contribution in [0.15, 0.2) is 18.2 Å². The van der Waals surface area contributed by atoms with E-state index in [-0.39, 0.29) is 12.1 Å². The van der Waals surface area contributed by atoms with Crippen LogP contribution in [-0.2, 0) is 15.9 Å². The summed E-state index contributed by atoms with van der Waals surface area (Å²) in [5.74, 6) is 0.344. The van der Waals surface area contributed by atoms with Gasteiger partial charge in [0.1, 0.15) is 11.4 Å². The van der Waals surface area contributed by atoms with Gasteiger partial charge in [-0.1, -0.05) is 17.7 Å². The number of rotatable bonds is 3. The van der Waals surface area contributed by atoms with Gasteiger partial charge in [0, 0.05) is 0 Å². The first kappa shape index (κ1) is 17.4. The zero-order valence-electron chi connectivity index (χ0n) is 13.3. The van der Waals surface area contributed by atoms with Crippen LogP contribution in [0.3, 0.4) is 0 Å². The molecule has 6 nitrogen and oxygen atoms in total. The average Bonchev–Trinajstić information content (AvgIpc) is 2.79. The van der Waals surface area contributed by atoms with Crippen LogP contribution in [0.25, 0.3) is 0 Å². The predicted molar refractivity (Wildman–Crippen MR) is 84.7 cm³/mol. The van der Waals surface area contributed by atoms with Gasteiger partial charge in [-0.2, -0.15) is 0 Å². The second-order valence-electron chi connectivity index (χ2n) is 6.20. The lowest BCUT2D eigenvalue weighted by Gasteiger charge is -2.22. The van der Waals surface area contributed by atoms with Crippen molar-refractivity contribution in [2.75, 3.05) is 6.07 Å². The normalized spacial score (nSPS) is 16.4. The molecule has 23 heavy (non-hydrogen) atoms. The molecule has 1 aromatic carbocycles. The Labute approximate surface area is 140 Å². The van der Waals surface area contributed by atoms with E-state index in [0.29, 0.717) is 5.75 Å². The van der Waals surface area contributed by atoms with Gasteiger partial charge in [-0.3, -0.25) is 0 Å². The van der Waals surface area contributed by atoms with E-state index in [1.807, 2.05) is 26.8 Å². The number of ether oxygens (including phenoxy) is 3. The molecule has 0 bridgehead atoms. The summed E-state index contributed by atoms with van der Waals surface area (Å²) in [5.41, 5.74) is 1.46. The van der Waals surface area contributed by atoms with Crippen LogP contribution in [0.5, 0.6) is 5.75 Å². The summed E-state index contributed by atoms with van der Waals surface area (Å²) in [5, 5.41) is 2.84. The Balaban J connectivity index is 2.06. The van der Waals surface area contributed by atoms with E-state index in [0.717, 1.165) is 24.0 Å². The molecule has 0 radical (unpaired) electrons. The molecule has 1 amide bonds. The number of hydrogen-bond acceptors (Lipinski definition) is 5. The Bertz CT molecular complexity index is 597. The second-order valence-corrected chi connectivity index (χ2v) is 6.42. The van der Waals surface area contributed by atoms with E-state index >= 15 is 0 Å². The molecule has 1 atom stereocenters. The summed E-state index contributed by atoms with van der Waals surface area (Å²) < 4.78 is 14.8. The Morgan fingerprint density at radius 1 is 1.35 bits per heavy atom. The summed E-state index contributed by atoms with van der Waals surface area (Å²) >= 11 is 5.31. The van der Waals surface area contributed by atoms with Gasteiger partial charge < -0.3 is 19.5 Å². The van der Waals surface area contributed by atoms with E-state index in [2.05, 4.69) is 10.1 Å². The smallest absolute Gasteiger partial charge is 0.444 e. The fourth-order valence-corrected chi connectivity index (χ4v) is 2.50. The summed E-state index contributed by atoms with van der Waals surface area (Å²) in [4.78, 5) is 23.2. The monoisotopic (exact) mass is 341 g/mol. The molecule has 0 spiro atoms. The molecule has 0 aromatic heterocycles. The number of nitrogens with one attached hydrogen (secondary N) is 1. The minimum atomic E-state index is -0.866. The molecule has 2 rings (SSSR count). The van der Waals surface area contributed by atoms with E-state index in [9.17, 15) is 9.59 Å². The van der Waals surface area contributed by atoms with E-state index < -0.39 is 17.8 Å². The molecule has 0 saturated carbocycles. The number of halogens is 1. The molecular formula is C16H20ClNO5. The quantitative estimate of drug-likeness (QED) is 0.512. The van der Waals surface area contributed by atoms with Crippen LogP contribution in [0.1, 0.15) is 44.4 Å². The lowest BCUT2D eigenvalue weighted by Crippen LogP contribution is -2.34. The molecule has 1 aliphatic rings. The second kappa shape index (κ2) is 7.08. The highest BCUT2D eigenvalue weighted by Gasteiger charge is 2.27. The number of amides is 1. The Kier molecular flexibility index (Phi) is 5.36. The van der Waals surface area contributed by atoms with Crippen molar-refractivity contribution in [3.05, 3.63) is 29.3 Å². The fourth-order valence-electron chi connectivity index (χ4n) is 2.41. The third-order valence-electron chi connectivity index (χ3n) is 3.26. The molecular weight excluding hydrogens is 322 g/mol. The van der Waals surface area contributed by atoms with Crippen molar-refractivity contribution in [3.8, 4) is 5.75 Å². The van der Waals surface area contributed by atoms with Gasteiger partial charge in [-0.25, -0.2) is 9.59 Å². The number of fused-ring (bicyclic) bond motifs is 1. The van der Waals surface area contributed by atoms with Gasteiger partial charge in [-0.05, 0) is 56.9 Å². The number of alkyl halides is 1. The Hall–Kier alpha value is -1.95. The minimum Gasteiger partial charge on any atom is -0.444 e. The highest BCUT2D eigenvalue weighted by molar-refractivity contribution is 6.17. The molecule has 0 heterocycles. The molecule has 126 valence electrons. The molecule has 1 aromatic rings. The number of hydrogen-bond donors (Lipinski definition) is 1. The number of carbonyl (C=O) groups is 2. The third kappa shape index (κ3) is 5.03. The maximum absolute atomic E-state index is 11.9. The van der Waals surface area contributed by atoms with E-state index in [1.54, 1.807) is 12.1 Å². The van der Waals surface area contributed by atoms with Crippen molar-refractivity contribution in [1.82, 2.24) is 5.32 Å². The van der Waals surface area contributed by atoms with Gasteiger partial charge >= 0.3 is 12.2 Å². The summed E-state index contributed by atoms with van der Waals surface area (Å²) in [7, 11) is 0. The molecule has 0 saturated heterocycles. The van der Waals surface area contributed by atoms with Crippen molar-refractivity contribution in [1.29, 1.82) is 0 Å². The van der Waals surface area contributed by atoms with Gasteiger partial charge in [0.2, 0.25) is 0 Å². The van der Waals surface area contributed by atoms with Crippen LogP contribution in [0.2, 0.25) is 0 Å². The number of benzene rings is 1. The zero-order valence-corrected chi connectivity index (χ0v) is 14.1. The maximum atomic E-state index is 11.9. The van der Waals surface area contributed by atoms with Gasteiger partial charge in [0.15, 0.2) is 6.07 Å². The van der Waals surface area contributed by atoms with Crippen molar-refractivity contribution in [2.45, 2.75) is 45.3 Å². The fraction of sp³-hybridized carbons (Fsp3) is 0.500. The SMILES string of the molecule is CC(C)(C)OC(=O)N[C@@H]1CCc2ccc(OC(=O)OCCl)cc21. The van der Waals surface area contributed by atoms with Crippen molar-refractivity contribution < 1.29 is 23.8 Å². The first-order chi connectivity index (χ1) is 10.8. The minimum absolute atomic E-state index is 0.174. The molecule has 0 fully saturated rings. The summed E-state index contributed by atoms with van der Waals surface area (Å²) in [6.07, 6.45) is 0.268. The van der Waals surface area contributed by atoms with E-state index in [1.165, 1.54) is 0 Å². The summed E-state index contributed by atoms with van der Waals surface area (Å²) in [6, 6.07) is 4.83. The van der Waals surface area contributed by atoms with Crippen LogP contribution in [0, 0.1) is 0 Å². The molecule has 1 N–H and O–H groups in total. The van der Waals surface area contributed by atoms with Crippen LogP contribution >= 0.6 is 11.6 Å². The van der Waals surface area contributed by atoms with E-state index in [4.69, 9.17) is 21.1 Å². The number of aryl methyl sites for hydroxylation is 1. The zero-order chi connectivity index (χ0) is 17.0. The average molecular weight is 342 g/mol. The topological polar surface area (TPSA) is 73.9 Å². The van der Waals surface area contributed by atoms with Crippen molar-refractivity contribution >= 4 is 23.8 Å². The highest BCUT2D eigenvalue weighted by Crippen LogP contribution is 2.34.